The summed E-state index contributed by atoms with van der Waals surface area (Å²) >= 11 is 0. The highest BCUT2D eigenvalue weighted by Gasteiger charge is 2.17. The van der Waals surface area contributed by atoms with Crippen LogP contribution in [-0.4, -0.2) is 15.1 Å². The lowest BCUT2D eigenvalue weighted by Gasteiger charge is -2.06. The van der Waals surface area contributed by atoms with Gasteiger partial charge in [0.15, 0.2) is 11.2 Å². The van der Waals surface area contributed by atoms with Crippen LogP contribution >= 0.6 is 0 Å². The third kappa shape index (κ3) is 4.56. The minimum atomic E-state index is -0.745. The number of aliphatic hydroxyl groups excluding tert-OH is 1. The monoisotopic (exact) mass is 397 g/mol. The number of aryl methyl sites for hydroxylation is 1. The van der Waals surface area contributed by atoms with Crippen LogP contribution in [0, 0.1) is 11.3 Å². The number of aromatic nitrogens is 2. The van der Waals surface area contributed by atoms with Gasteiger partial charge in [-0.3, -0.25) is 0 Å². The van der Waals surface area contributed by atoms with Crippen LogP contribution in [0.3, 0.4) is 0 Å². The van der Waals surface area contributed by atoms with E-state index in [9.17, 15) is 10.4 Å². The van der Waals surface area contributed by atoms with E-state index in [0.29, 0.717) is 29.1 Å². The summed E-state index contributed by atoms with van der Waals surface area (Å²) in [4.78, 5) is 8.70. The zero-order valence-electron chi connectivity index (χ0n) is 16.7. The molecule has 0 spiro atoms. The van der Waals surface area contributed by atoms with Crippen molar-refractivity contribution in [1.82, 2.24) is 9.97 Å². The van der Waals surface area contributed by atoms with Gasteiger partial charge in [-0.05, 0) is 37.0 Å². The Kier molecular flexibility index (Phi) is 6.17. The molecule has 2 aromatic heterocycles. The Balaban J connectivity index is 1.38. The second kappa shape index (κ2) is 9.34. The summed E-state index contributed by atoms with van der Waals surface area (Å²) in [6.07, 6.45) is 5.63. The number of unbranched alkanes of at least 4 members (excludes halogenated alkanes) is 2. The lowest BCUT2D eigenvalue weighted by Crippen LogP contribution is -1.98. The first-order chi connectivity index (χ1) is 14.7. The van der Waals surface area contributed by atoms with Crippen molar-refractivity contribution in [3.63, 3.8) is 0 Å². The van der Waals surface area contributed by atoms with Crippen molar-refractivity contribution < 1.29 is 9.52 Å². The molecule has 5 nitrogen and oxygen atoms in total. The van der Waals surface area contributed by atoms with Crippen molar-refractivity contribution >= 4 is 11.2 Å². The number of aliphatic hydroxyl groups is 1. The zero-order chi connectivity index (χ0) is 20.8. The predicted molar refractivity (Wildman–Crippen MR) is 116 cm³/mol. The molecular weight excluding hydrogens is 374 g/mol. The molecule has 2 aromatic carbocycles. The van der Waals surface area contributed by atoms with Gasteiger partial charge in [0.1, 0.15) is 6.10 Å². The third-order valence-electron chi connectivity index (χ3n) is 5.19. The van der Waals surface area contributed by atoms with E-state index >= 15 is 0 Å². The molecule has 2 heterocycles. The van der Waals surface area contributed by atoms with Gasteiger partial charge in [0, 0.05) is 17.3 Å². The quantitative estimate of drug-likeness (QED) is 0.391. The molecule has 0 aliphatic heterocycles. The number of rotatable bonds is 8. The van der Waals surface area contributed by atoms with Gasteiger partial charge in [0.05, 0.1) is 11.6 Å². The number of fused-ring (bicyclic) bond motifs is 1. The average molecular weight is 397 g/mol. The molecule has 0 aliphatic carbocycles. The predicted octanol–water partition coefficient (Wildman–Crippen LogP) is 5.60. The lowest BCUT2D eigenvalue weighted by molar-refractivity contribution is 0.133. The molecule has 4 rings (SSSR count). The minimum Gasteiger partial charge on any atom is -0.436 e. The van der Waals surface area contributed by atoms with E-state index in [1.54, 1.807) is 12.3 Å². The summed E-state index contributed by atoms with van der Waals surface area (Å²) in [5.74, 6) is 0.297. The number of benzene rings is 2. The second-order valence-electron chi connectivity index (χ2n) is 7.36. The van der Waals surface area contributed by atoms with Gasteiger partial charge < -0.3 is 9.52 Å². The van der Waals surface area contributed by atoms with E-state index in [1.165, 1.54) is 5.56 Å². The second-order valence-corrected chi connectivity index (χ2v) is 7.36. The molecule has 0 bridgehead atoms. The van der Waals surface area contributed by atoms with Crippen LogP contribution in [0.5, 0.6) is 0 Å². The highest BCUT2D eigenvalue weighted by molar-refractivity contribution is 5.78. The highest BCUT2D eigenvalue weighted by atomic mass is 16.4. The van der Waals surface area contributed by atoms with Crippen LogP contribution in [0.15, 0.2) is 71.3 Å². The number of hydrogen-bond donors (Lipinski definition) is 1. The van der Waals surface area contributed by atoms with Crippen molar-refractivity contribution in [3.05, 3.63) is 83.9 Å². The lowest BCUT2D eigenvalue weighted by atomic mass is 10.0. The first-order valence-corrected chi connectivity index (χ1v) is 10.2. The maximum Gasteiger partial charge on any atom is 0.225 e. The molecule has 1 atom stereocenters. The van der Waals surface area contributed by atoms with Gasteiger partial charge in [-0.1, -0.05) is 61.4 Å². The molecule has 0 radical (unpaired) electrons. The van der Waals surface area contributed by atoms with Crippen LogP contribution in [-0.2, 0) is 6.42 Å². The molecule has 4 aromatic rings. The van der Waals surface area contributed by atoms with Crippen LogP contribution < -0.4 is 0 Å². The van der Waals surface area contributed by atoms with E-state index in [2.05, 4.69) is 40.3 Å². The SMILES string of the molecule is N#Cc1ccccc1-c1cnc2nc(C(O)CCCCCc3ccccc3)oc2c1. The summed E-state index contributed by atoms with van der Waals surface area (Å²) in [5, 5.41) is 19.8. The Hall–Kier alpha value is -3.49. The molecule has 5 heteroatoms. The van der Waals surface area contributed by atoms with E-state index in [-0.39, 0.29) is 0 Å². The molecule has 150 valence electrons. The van der Waals surface area contributed by atoms with Gasteiger partial charge >= 0.3 is 0 Å². The Labute approximate surface area is 175 Å². The van der Waals surface area contributed by atoms with E-state index < -0.39 is 6.10 Å². The fourth-order valence-corrected chi connectivity index (χ4v) is 3.57. The van der Waals surface area contributed by atoms with Crippen molar-refractivity contribution in [3.8, 4) is 17.2 Å². The molecule has 0 aliphatic rings. The molecule has 0 saturated carbocycles. The highest BCUT2D eigenvalue weighted by Crippen LogP contribution is 2.28. The Morgan fingerprint density at radius 1 is 1.00 bits per heavy atom. The number of oxazole rings is 1. The van der Waals surface area contributed by atoms with Crippen molar-refractivity contribution in [2.24, 2.45) is 0 Å². The fourth-order valence-electron chi connectivity index (χ4n) is 3.57. The zero-order valence-corrected chi connectivity index (χ0v) is 16.7. The van der Waals surface area contributed by atoms with E-state index in [0.717, 1.165) is 36.8 Å². The number of nitrogens with zero attached hydrogens (tertiary/aromatic N) is 3. The first-order valence-electron chi connectivity index (χ1n) is 10.2. The molecule has 0 saturated heterocycles. The summed E-state index contributed by atoms with van der Waals surface area (Å²) in [7, 11) is 0. The molecule has 0 fully saturated rings. The van der Waals surface area contributed by atoms with Crippen molar-refractivity contribution in [2.75, 3.05) is 0 Å². The van der Waals surface area contributed by atoms with E-state index in [1.807, 2.05) is 30.3 Å². The number of pyridine rings is 1. The molecular formula is C25H23N3O2. The van der Waals surface area contributed by atoms with E-state index in [4.69, 9.17) is 4.42 Å². The Bertz CT molecular complexity index is 1160. The summed E-state index contributed by atoms with van der Waals surface area (Å²) in [5.41, 5.74) is 4.49. The summed E-state index contributed by atoms with van der Waals surface area (Å²) < 4.78 is 5.79. The summed E-state index contributed by atoms with van der Waals surface area (Å²) in [6.45, 7) is 0. The minimum absolute atomic E-state index is 0.297. The van der Waals surface area contributed by atoms with Crippen LogP contribution in [0.4, 0.5) is 0 Å². The molecule has 30 heavy (non-hydrogen) atoms. The van der Waals surface area contributed by atoms with Crippen molar-refractivity contribution in [1.29, 1.82) is 5.26 Å². The van der Waals surface area contributed by atoms with Crippen LogP contribution in [0.25, 0.3) is 22.4 Å². The average Bonchev–Trinajstić information content (AvgIpc) is 3.23. The van der Waals surface area contributed by atoms with Gasteiger partial charge in [-0.25, -0.2) is 4.98 Å². The van der Waals surface area contributed by atoms with Crippen LogP contribution in [0.1, 0.15) is 48.8 Å². The fraction of sp³-hybridized carbons (Fsp3) is 0.240. The number of nitriles is 1. The topological polar surface area (TPSA) is 82.9 Å². The van der Waals surface area contributed by atoms with Gasteiger partial charge in [-0.15, -0.1) is 0 Å². The van der Waals surface area contributed by atoms with Gasteiger partial charge in [0.25, 0.3) is 0 Å². The summed E-state index contributed by atoms with van der Waals surface area (Å²) in [6, 6.07) is 21.8. The maximum atomic E-state index is 10.5. The largest absolute Gasteiger partial charge is 0.436 e. The third-order valence-corrected chi connectivity index (χ3v) is 5.19. The smallest absolute Gasteiger partial charge is 0.225 e. The normalized spacial score (nSPS) is 12.0. The maximum absolute atomic E-state index is 10.5. The Morgan fingerprint density at radius 3 is 2.63 bits per heavy atom. The Morgan fingerprint density at radius 2 is 1.80 bits per heavy atom. The van der Waals surface area contributed by atoms with Crippen LogP contribution in [0.2, 0.25) is 0 Å². The first kappa shape index (κ1) is 19.8. The standard InChI is InChI=1S/C25H23N3O2/c26-16-19-12-7-8-13-21(19)20-15-23-24(27-17-20)28-25(30-23)22(29)14-6-2-5-11-18-9-3-1-4-10-18/h1,3-4,7-10,12-13,15,17,22,29H,2,5-6,11,14H2. The molecule has 1 N–H and O–H groups in total. The van der Waals surface area contributed by atoms with Gasteiger partial charge in [-0.2, -0.15) is 10.2 Å². The van der Waals surface area contributed by atoms with Gasteiger partial charge in [0.2, 0.25) is 5.89 Å². The molecule has 0 amide bonds. The molecule has 1 unspecified atom stereocenters. The van der Waals surface area contributed by atoms with Crippen molar-refractivity contribution in [2.45, 2.75) is 38.2 Å². The number of hydrogen-bond acceptors (Lipinski definition) is 5.